The van der Waals surface area contributed by atoms with Crippen molar-refractivity contribution in [3.05, 3.63) is 58.4 Å². The Kier molecular flexibility index (Phi) is 5.48. The number of carbonyl (C=O) groups is 2. The summed E-state index contributed by atoms with van der Waals surface area (Å²) in [5.41, 5.74) is 1.81. The Balaban J connectivity index is 2.00. The fourth-order valence-corrected chi connectivity index (χ4v) is 3.66. The summed E-state index contributed by atoms with van der Waals surface area (Å²) in [7, 11) is 3.11. The number of methoxy groups -OCH3 is 1. The molecule has 27 heavy (non-hydrogen) atoms. The number of hydrogen-bond donors (Lipinski definition) is 0. The third-order valence-corrected chi connectivity index (χ3v) is 4.99. The third kappa shape index (κ3) is 3.54. The molecule has 1 aliphatic rings. The zero-order chi connectivity index (χ0) is 19.6. The second kappa shape index (κ2) is 7.81. The smallest absolute Gasteiger partial charge is 0.238 e. The van der Waals surface area contributed by atoms with Gasteiger partial charge in [-0.15, -0.1) is 5.92 Å². The predicted molar refractivity (Wildman–Crippen MR) is 103 cm³/mol. The van der Waals surface area contributed by atoms with E-state index in [-0.39, 0.29) is 11.7 Å². The van der Waals surface area contributed by atoms with E-state index in [9.17, 15) is 9.59 Å². The average Bonchev–Trinajstić information content (AvgIpc) is 2.86. The lowest BCUT2D eigenvalue weighted by Gasteiger charge is -2.17. The minimum atomic E-state index is -0.991. The normalized spacial score (nSPS) is 19.0. The van der Waals surface area contributed by atoms with Gasteiger partial charge in [-0.25, -0.2) is 0 Å². The Bertz CT molecular complexity index is 947. The first-order chi connectivity index (χ1) is 13.0. The van der Waals surface area contributed by atoms with Crippen LogP contribution in [0.3, 0.4) is 0 Å². The largest absolute Gasteiger partial charge is 0.496 e. The zero-order valence-corrected chi connectivity index (χ0v) is 16.1. The monoisotopic (exact) mass is 382 g/mol. The van der Waals surface area contributed by atoms with Gasteiger partial charge in [-0.05, 0) is 31.2 Å². The molecule has 5 nitrogen and oxygen atoms in total. The van der Waals surface area contributed by atoms with Gasteiger partial charge < -0.3 is 9.64 Å². The van der Waals surface area contributed by atoms with Crippen LogP contribution in [0.4, 0.5) is 0 Å². The van der Waals surface area contributed by atoms with Crippen molar-refractivity contribution in [2.75, 3.05) is 14.2 Å². The Morgan fingerprint density at radius 2 is 2.07 bits per heavy atom. The number of ether oxygens (including phenoxy) is 1. The fourth-order valence-electron chi connectivity index (χ4n) is 3.34. The zero-order valence-electron chi connectivity index (χ0n) is 15.3. The number of rotatable bonds is 4. The molecule has 0 N–H and O–H groups in total. The predicted octanol–water partition coefficient (Wildman–Crippen LogP) is 2.85. The second-order valence-electron chi connectivity index (χ2n) is 6.27. The van der Waals surface area contributed by atoms with Crippen LogP contribution in [0.2, 0.25) is 5.02 Å². The first kappa shape index (κ1) is 18.9. The quantitative estimate of drug-likeness (QED) is 0.602. The molecule has 3 rings (SSSR count). The molecule has 0 bridgehead atoms. The molecule has 6 heteroatoms. The van der Waals surface area contributed by atoms with E-state index in [0.717, 1.165) is 5.69 Å². The van der Waals surface area contributed by atoms with Gasteiger partial charge in [-0.3, -0.25) is 14.6 Å². The number of likely N-dealkylation sites (N-methyl/N-ethyl adjacent to an activating group) is 1. The topological polar surface area (TPSA) is 59.5 Å². The number of Topliss-reactive ketones (excluding diaryl/α,β-unsaturated/α-hetero) is 1. The molecule has 138 valence electrons. The van der Waals surface area contributed by atoms with E-state index in [4.69, 9.17) is 16.3 Å². The van der Waals surface area contributed by atoms with Crippen molar-refractivity contribution in [2.45, 2.75) is 25.3 Å². The lowest BCUT2D eigenvalue weighted by molar-refractivity contribution is -0.129. The van der Waals surface area contributed by atoms with Gasteiger partial charge in [-0.2, -0.15) is 0 Å². The highest BCUT2D eigenvalue weighted by Gasteiger charge is 2.48. The van der Waals surface area contributed by atoms with Gasteiger partial charge in [0.25, 0.3) is 0 Å². The highest BCUT2D eigenvalue weighted by atomic mass is 35.5. The molecule has 1 saturated heterocycles. The number of aromatic nitrogens is 1. The summed E-state index contributed by atoms with van der Waals surface area (Å²) in [5.74, 6) is 4.60. The van der Waals surface area contributed by atoms with Crippen LogP contribution in [0.25, 0.3) is 0 Å². The summed E-state index contributed by atoms with van der Waals surface area (Å²) in [4.78, 5) is 31.8. The van der Waals surface area contributed by atoms with Crippen LogP contribution in [0.15, 0.2) is 36.5 Å². The van der Waals surface area contributed by atoms with Crippen molar-refractivity contribution >= 4 is 23.3 Å². The van der Waals surface area contributed by atoms with Crippen molar-refractivity contribution in [1.29, 1.82) is 0 Å². The highest BCUT2D eigenvalue weighted by Crippen LogP contribution is 2.40. The van der Waals surface area contributed by atoms with Gasteiger partial charge in [0.1, 0.15) is 11.7 Å². The van der Waals surface area contributed by atoms with Gasteiger partial charge in [0, 0.05) is 41.5 Å². The van der Waals surface area contributed by atoms with Gasteiger partial charge in [-0.1, -0.05) is 23.6 Å². The molecular formula is C21H19ClN2O3. The molecule has 2 heterocycles. The molecular weight excluding hydrogens is 364 g/mol. The number of halogens is 1. The van der Waals surface area contributed by atoms with Gasteiger partial charge >= 0.3 is 0 Å². The second-order valence-corrected chi connectivity index (χ2v) is 6.68. The van der Waals surface area contributed by atoms with E-state index in [1.807, 2.05) is 18.2 Å². The van der Waals surface area contributed by atoms with Crippen LogP contribution in [-0.4, -0.2) is 41.8 Å². The van der Waals surface area contributed by atoms with Gasteiger partial charge in [0.15, 0.2) is 5.78 Å². The summed E-state index contributed by atoms with van der Waals surface area (Å²) in [6.07, 6.45) is 2.03. The molecule has 2 unspecified atom stereocenters. The van der Waals surface area contributed by atoms with Crippen molar-refractivity contribution in [3.8, 4) is 17.6 Å². The molecule has 1 aromatic heterocycles. The highest BCUT2D eigenvalue weighted by molar-refractivity contribution is 6.33. The molecule has 0 radical (unpaired) electrons. The molecule has 1 aliphatic heterocycles. The number of nitrogens with zero attached hydrogens (tertiary/aromatic N) is 2. The number of pyridine rings is 1. The number of amides is 1. The Hall–Kier alpha value is -2.84. The van der Waals surface area contributed by atoms with E-state index in [0.29, 0.717) is 28.3 Å². The van der Waals surface area contributed by atoms with E-state index in [1.165, 1.54) is 12.0 Å². The van der Waals surface area contributed by atoms with E-state index in [1.54, 1.807) is 32.3 Å². The molecule has 1 amide bonds. The number of ketones is 1. The maximum Gasteiger partial charge on any atom is 0.238 e. The Morgan fingerprint density at radius 1 is 1.30 bits per heavy atom. The van der Waals surface area contributed by atoms with E-state index < -0.39 is 12.0 Å². The van der Waals surface area contributed by atoms with E-state index >= 15 is 0 Å². The molecule has 2 aromatic rings. The number of carbonyl (C=O) groups excluding carboxylic acids is 2. The summed E-state index contributed by atoms with van der Waals surface area (Å²) in [5, 5.41) is 0.297. The van der Waals surface area contributed by atoms with Crippen LogP contribution < -0.4 is 4.74 Å². The fraction of sp³-hybridized carbons (Fsp3) is 0.286. The van der Waals surface area contributed by atoms with Crippen molar-refractivity contribution in [2.24, 2.45) is 0 Å². The molecule has 0 aliphatic carbocycles. The van der Waals surface area contributed by atoms with Crippen molar-refractivity contribution in [1.82, 2.24) is 9.88 Å². The SMILES string of the molecule is CC#Cc1cc(Cl)c(C2C(=O)C(Cc3ccccn3)N(C)C2=O)c(OC)c1. The van der Waals surface area contributed by atoms with Crippen LogP contribution in [-0.2, 0) is 16.0 Å². The van der Waals surface area contributed by atoms with Crippen LogP contribution in [0.1, 0.15) is 29.7 Å². The summed E-state index contributed by atoms with van der Waals surface area (Å²) < 4.78 is 5.42. The Labute approximate surface area is 163 Å². The number of hydrogen-bond acceptors (Lipinski definition) is 4. The van der Waals surface area contributed by atoms with E-state index in [2.05, 4.69) is 16.8 Å². The van der Waals surface area contributed by atoms with Crippen molar-refractivity contribution in [3.63, 3.8) is 0 Å². The lowest BCUT2D eigenvalue weighted by Crippen LogP contribution is -2.33. The summed E-state index contributed by atoms with van der Waals surface area (Å²) in [6, 6.07) is 8.27. The molecule has 1 fully saturated rings. The molecule has 0 spiro atoms. The van der Waals surface area contributed by atoms with Gasteiger partial charge in [0.05, 0.1) is 13.2 Å². The first-order valence-corrected chi connectivity index (χ1v) is 8.86. The van der Waals surface area contributed by atoms with Crippen LogP contribution in [0.5, 0.6) is 5.75 Å². The Morgan fingerprint density at radius 3 is 2.70 bits per heavy atom. The standard InChI is InChI=1S/C21H19ClN2O3/c1-4-7-13-10-15(22)18(17(11-13)27-3)19-20(25)16(24(2)21(19)26)12-14-8-5-6-9-23-14/h5-6,8-11,16,19H,12H2,1-3H3. The maximum absolute atomic E-state index is 13.1. The van der Waals surface area contributed by atoms with Crippen molar-refractivity contribution < 1.29 is 14.3 Å². The summed E-state index contributed by atoms with van der Waals surface area (Å²) >= 11 is 6.43. The third-order valence-electron chi connectivity index (χ3n) is 4.67. The number of likely N-dealkylation sites (tertiary alicyclic amines) is 1. The van der Waals surface area contributed by atoms with Gasteiger partial charge in [0.2, 0.25) is 5.91 Å². The summed E-state index contributed by atoms with van der Waals surface area (Å²) in [6.45, 7) is 1.72. The maximum atomic E-state index is 13.1. The lowest BCUT2D eigenvalue weighted by atomic mass is 9.91. The van der Waals surface area contributed by atoms with Crippen LogP contribution in [0, 0.1) is 11.8 Å². The molecule has 2 atom stereocenters. The molecule has 1 aromatic carbocycles. The first-order valence-electron chi connectivity index (χ1n) is 8.48. The minimum absolute atomic E-state index is 0.206. The average molecular weight is 383 g/mol. The molecule has 0 saturated carbocycles. The minimum Gasteiger partial charge on any atom is -0.496 e. The number of benzene rings is 1. The van der Waals surface area contributed by atoms with Crippen LogP contribution >= 0.6 is 11.6 Å².